The van der Waals surface area contributed by atoms with Gasteiger partial charge in [0.2, 0.25) is 0 Å². The van der Waals surface area contributed by atoms with Gasteiger partial charge in [0.25, 0.3) is 5.56 Å². The molecule has 10 heteroatoms. The lowest BCUT2D eigenvalue weighted by Crippen LogP contribution is -2.21. The van der Waals surface area contributed by atoms with E-state index in [0.29, 0.717) is 44.9 Å². The first kappa shape index (κ1) is 29.8. The lowest BCUT2D eigenvalue weighted by atomic mass is 9.96. The Morgan fingerprint density at radius 3 is 2.54 bits per heavy atom. The quantitative estimate of drug-likeness (QED) is 0.156. The van der Waals surface area contributed by atoms with E-state index in [0.717, 1.165) is 22.4 Å². The number of carbonyl (C=O) groups excluding carboxylic acids is 1. The van der Waals surface area contributed by atoms with E-state index in [1.165, 1.54) is 18.9 Å². The molecule has 1 aromatic heterocycles. The third-order valence-electron chi connectivity index (χ3n) is 6.41. The lowest BCUT2D eigenvalue weighted by molar-refractivity contribution is -0.142. The number of rotatable bonds is 10. The number of aromatic nitrogens is 2. The summed E-state index contributed by atoms with van der Waals surface area (Å²) in [5.41, 5.74) is 3.60. The zero-order valence-corrected chi connectivity index (χ0v) is 25.4. The highest BCUT2D eigenvalue weighted by molar-refractivity contribution is 9.10. The maximum atomic E-state index is 13.8. The lowest BCUT2D eigenvalue weighted by Gasteiger charge is -2.18. The van der Waals surface area contributed by atoms with Gasteiger partial charge in [0, 0.05) is 5.56 Å². The molecule has 0 radical (unpaired) electrons. The normalized spacial score (nSPS) is 11.3. The predicted octanol–water partition coefficient (Wildman–Crippen LogP) is 6.10. The fraction of sp³-hybridized carbons (Fsp3) is 0.290. The second-order valence-corrected chi connectivity index (χ2v) is 10.4. The Morgan fingerprint density at radius 1 is 1.10 bits per heavy atom. The van der Waals surface area contributed by atoms with Crippen LogP contribution in [0.4, 0.5) is 0 Å². The van der Waals surface area contributed by atoms with Crippen LogP contribution in [0.1, 0.15) is 43.4 Å². The molecule has 3 aromatic carbocycles. The van der Waals surface area contributed by atoms with Crippen molar-refractivity contribution in [2.75, 3.05) is 27.4 Å². The summed E-state index contributed by atoms with van der Waals surface area (Å²) in [6.07, 6.45) is 1.55. The van der Waals surface area contributed by atoms with E-state index in [-0.39, 0.29) is 18.1 Å². The van der Waals surface area contributed by atoms with E-state index in [1.807, 2.05) is 38.1 Å². The van der Waals surface area contributed by atoms with Crippen LogP contribution in [0.3, 0.4) is 0 Å². The van der Waals surface area contributed by atoms with Gasteiger partial charge < -0.3 is 18.9 Å². The molecule has 0 unspecified atom stereocenters. The van der Waals surface area contributed by atoms with Gasteiger partial charge in [0.1, 0.15) is 5.75 Å². The Morgan fingerprint density at radius 2 is 1.85 bits per heavy atom. The van der Waals surface area contributed by atoms with Crippen molar-refractivity contribution in [1.29, 1.82) is 0 Å². The average molecular weight is 623 g/mol. The topological polar surface area (TPSA) is 101 Å². The second kappa shape index (κ2) is 13.0. The molecule has 0 atom stereocenters. The average Bonchev–Trinajstić information content (AvgIpc) is 2.95. The van der Waals surface area contributed by atoms with E-state index in [9.17, 15) is 9.59 Å². The highest BCUT2D eigenvalue weighted by Gasteiger charge is 2.19. The van der Waals surface area contributed by atoms with Gasteiger partial charge in [-0.15, -0.1) is 0 Å². The third-order valence-corrected chi connectivity index (χ3v) is 7.00. The zero-order valence-electron chi connectivity index (χ0n) is 23.9. The van der Waals surface area contributed by atoms with Crippen LogP contribution in [-0.4, -0.2) is 49.3 Å². The standard InChI is InChI=1S/C31H32BrN3O6/c1-7-40-26-12-19(4)23(15-22(26)18(2)3)30-34-25-11-9-8-10-21(25)31(37)35(30)33-16-20-13-24(32)29(27(14-20)38-5)41-17-28(36)39-6/h8-16,18H,7,17H2,1-6H3. The Bertz CT molecular complexity index is 1680. The number of methoxy groups -OCH3 is 2. The highest BCUT2D eigenvalue weighted by atomic mass is 79.9. The molecule has 0 saturated heterocycles. The summed E-state index contributed by atoms with van der Waals surface area (Å²) >= 11 is 3.47. The minimum absolute atomic E-state index is 0.185. The fourth-order valence-corrected chi connectivity index (χ4v) is 4.92. The molecule has 0 aliphatic rings. The summed E-state index contributed by atoms with van der Waals surface area (Å²) in [5.74, 6) is 1.60. The van der Waals surface area contributed by atoms with Crippen molar-refractivity contribution < 1.29 is 23.7 Å². The van der Waals surface area contributed by atoms with E-state index in [4.69, 9.17) is 19.2 Å². The van der Waals surface area contributed by atoms with Gasteiger partial charge >= 0.3 is 5.97 Å². The van der Waals surface area contributed by atoms with Gasteiger partial charge in [-0.1, -0.05) is 26.0 Å². The van der Waals surface area contributed by atoms with Crippen LogP contribution < -0.4 is 19.8 Å². The molecule has 0 aliphatic carbocycles. The molecule has 1 heterocycles. The van der Waals surface area contributed by atoms with Crippen LogP contribution >= 0.6 is 15.9 Å². The first-order chi connectivity index (χ1) is 19.7. The monoisotopic (exact) mass is 621 g/mol. The SMILES string of the molecule is CCOc1cc(C)c(-c2nc3ccccc3c(=O)n2N=Cc2cc(Br)c(OCC(=O)OC)c(OC)c2)cc1C(C)C. The van der Waals surface area contributed by atoms with Crippen LogP contribution in [0.25, 0.3) is 22.3 Å². The van der Waals surface area contributed by atoms with E-state index in [2.05, 4.69) is 39.6 Å². The first-order valence-electron chi connectivity index (χ1n) is 13.1. The molecule has 0 bridgehead atoms. The molecule has 0 fully saturated rings. The van der Waals surface area contributed by atoms with E-state index >= 15 is 0 Å². The molecule has 0 amide bonds. The summed E-state index contributed by atoms with van der Waals surface area (Å²) in [5, 5.41) is 5.06. The Kier molecular flexibility index (Phi) is 9.44. The van der Waals surface area contributed by atoms with Crippen molar-refractivity contribution in [3.63, 3.8) is 0 Å². The number of hydrogen-bond acceptors (Lipinski definition) is 8. The summed E-state index contributed by atoms with van der Waals surface area (Å²) < 4.78 is 23.5. The summed E-state index contributed by atoms with van der Waals surface area (Å²) in [6.45, 7) is 8.38. The van der Waals surface area contributed by atoms with Crippen LogP contribution in [-0.2, 0) is 9.53 Å². The molecule has 9 nitrogen and oxygen atoms in total. The molecule has 0 aliphatic heterocycles. The van der Waals surface area contributed by atoms with Gasteiger partial charge in [-0.3, -0.25) is 4.79 Å². The molecule has 41 heavy (non-hydrogen) atoms. The van der Waals surface area contributed by atoms with Gasteiger partial charge in [-0.05, 0) is 88.8 Å². The minimum Gasteiger partial charge on any atom is -0.494 e. The molecular formula is C31H32BrN3O6. The molecule has 0 spiro atoms. The molecule has 0 N–H and O–H groups in total. The number of aryl methyl sites for hydroxylation is 1. The number of carbonyl (C=O) groups is 1. The number of hydrogen-bond donors (Lipinski definition) is 0. The molecule has 214 valence electrons. The number of para-hydroxylation sites is 1. The fourth-order valence-electron chi connectivity index (χ4n) is 4.34. The van der Waals surface area contributed by atoms with Gasteiger partial charge in [0.15, 0.2) is 23.9 Å². The largest absolute Gasteiger partial charge is 0.494 e. The number of fused-ring (bicyclic) bond motifs is 1. The van der Waals surface area contributed by atoms with Crippen LogP contribution in [0, 0.1) is 6.92 Å². The van der Waals surface area contributed by atoms with E-state index < -0.39 is 5.97 Å². The van der Waals surface area contributed by atoms with Crippen molar-refractivity contribution in [3.05, 3.63) is 80.0 Å². The molecule has 4 aromatic rings. The number of benzene rings is 3. The summed E-state index contributed by atoms with van der Waals surface area (Å²) in [7, 11) is 2.78. The first-order valence-corrected chi connectivity index (χ1v) is 13.9. The molecule has 4 rings (SSSR count). The van der Waals surface area contributed by atoms with Crippen LogP contribution in [0.15, 0.2) is 62.9 Å². The maximum Gasteiger partial charge on any atom is 0.343 e. The third kappa shape index (κ3) is 6.43. The predicted molar refractivity (Wildman–Crippen MR) is 163 cm³/mol. The molecule has 0 saturated carbocycles. The van der Waals surface area contributed by atoms with Crippen molar-refractivity contribution in [2.45, 2.75) is 33.6 Å². The second-order valence-electron chi connectivity index (χ2n) is 9.51. The zero-order chi connectivity index (χ0) is 29.7. The number of ether oxygens (including phenoxy) is 4. The van der Waals surface area contributed by atoms with Gasteiger partial charge in [-0.25, -0.2) is 9.78 Å². The number of esters is 1. The summed E-state index contributed by atoms with van der Waals surface area (Å²) in [4.78, 5) is 30.2. The van der Waals surface area contributed by atoms with Crippen molar-refractivity contribution >= 4 is 39.0 Å². The van der Waals surface area contributed by atoms with Crippen molar-refractivity contribution in [2.24, 2.45) is 5.10 Å². The van der Waals surface area contributed by atoms with Crippen molar-refractivity contribution in [1.82, 2.24) is 9.66 Å². The Labute approximate surface area is 246 Å². The Hall–Kier alpha value is -4.18. The van der Waals surface area contributed by atoms with Crippen LogP contribution in [0.5, 0.6) is 17.2 Å². The maximum absolute atomic E-state index is 13.8. The summed E-state index contributed by atoms with van der Waals surface area (Å²) in [6, 6.07) is 14.7. The number of nitrogens with zero attached hydrogens (tertiary/aromatic N) is 3. The van der Waals surface area contributed by atoms with Crippen molar-refractivity contribution in [3.8, 4) is 28.6 Å². The highest BCUT2D eigenvalue weighted by Crippen LogP contribution is 2.37. The minimum atomic E-state index is -0.523. The Balaban J connectivity index is 1.87. The number of halogens is 1. The van der Waals surface area contributed by atoms with Crippen LogP contribution in [0.2, 0.25) is 0 Å². The smallest absolute Gasteiger partial charge is 0.343 e. The van der Waals surface area contributed by atoms with Gasteiger partial charge in [0.05, 0.1) is 42.4 Å². The molecular weight excluding hydrogens is 590 g/mol. The van der Waals surface area contributed by atoms with E-state index in [1.54, 1.807) is 30.5 Å². The van der Waals surface area contributed by atoms with Gasteiger partial charge in [-0.2, -0.15) is 9.78 Å².